The fourth-order valence-corrected chi connectivity index (χ4v) is 5.62. The third-order valence-corrected chi connectivity index (χ3v) is 8.34. The Morgan fingerprint density at radius 3 is 1.98 bits per heavy atom. The van der Waals surface area contributed by atoms with Gasteiger partial charge in [-0.3, -0.25) is 24.0 Å². The minimum Gasteiger partial charge on any atom is -0.481 e. The first-order valence-electron chi connectivity index (χ1n) is 16.2. The van der Waals surface area contributed by atoms with Gasteiger partial charge in [-0.2, -0.15) is 0 Å². The lowest BCUT2D eigenvalue weighted by Gasteiger charge is -2.38. The number of nitrogens with zero attached hydrogens (tertiary/aromatic N) is 1. The molecule has 258 valence electrons. The molecule has 2 unspecified atom stereocenters. The van der Waals surface area contributed by atoms with Crippen LogP contribution in [-0.2, 0) is 36.8 Å². The summed E-state index contributed by atoms with van der Waals surface area (Å²) in [7, 11) is 0. The third-order valence-electron chi connectivity index (χ3n) is 8.34. The minimum atomic E-state index is -1.23. The van der Waals surface area contributed by atoms with E-state index in [0.29, 0.717) is 19.4 Å². The first kappa shape index (κ1) is 37.7. The van der Waals surface area contributed by atoms with Crippen LogP contribution in [0, 0.1) is 18.3 Å². The van der Waals surface area contributed by atoms with Gasteiger partial charge < -0.3 is 43.2 Å². The Morgan fingerprint density at radius 2 is 1.42 bits per heavy atom. The van der Waals surface area contributed by atoms with Crippen molar-refractivity contribution in [3.63, 3.8) is 0 Å². The molecule has 10 N–H and O–H groups in total. The van der Waals surface area contributed by atoms with Crippen LogP contribution in [0.4, 0.5) is 0 Å². The van der Waals surface area contributed by atoms with Crippen molar-refractivity contribution in [3.8, 4) is 12.3 Å². The SMILES string of the molecule is C#CC[C@@H](NC(=O)[C@@H](Cc1ccccc1)NC(=O)[C@H](N)Cc1ccccc1)C(=O)N[C@H](CCCCN)C(=O)N1CCC(C(=O)O)CC1N. The summed E-state index contributed by atoms with van der Waals surface area (Å²) in [5.74, 6) is -1.58. The highest BCUT2D eigenvalue weighted by atomic mass is 16.4. The number of terminal acetylenes is 1. The molecule has 1 aliphatic heterocycles. The molecule has 13 nitrogen and oxygen atoms in total. The van der Waals surface area contributed by atoms with Gasteiger partial charge in [-0.05, 0) is 56.2 Å². The average molecular weight is 662 g/mol. The number of hydrogen-bond donors (Lipinski definition) is 7. The standard InChI is InChI=1S/C35H47N7O6/c1-2-11-27(32(44)40-28(16-9-10-18-36)34(46)42-19-17-25(35(47)48)22-30(42)38)39-33(45)29(21-24-14-7-4-8-15-24)41-31(43)26(37)20-23-12-5-3-6-13-23/h1,3-8,12-15,25-30H,9-11,16-22,36-38H2,(H,39,45)(H,40,44)(H,41,43)(H,47,48)/t25?,26-,27-,28-,29-,30?/m1/s1. The summed E-state index contributed by atoms with van der Waals surface area (Å²) in [5.41, 5.74) is 19.7. The zero-order valence-corrected chi connectivity index (χ0v) is 27.1. The van der Waals surface area contributed by atoms with Gasteiger partial charge in [-0.25, -0.2) is 0 Å². The van der Waals surface area contributed by atoms with E-state index < -0.39 is 65.8 Å². The predicted molar refractivity (Wildman–Crippen MR) is 180 cm³/mol. The zero-order chi connectivity index (χ0) is 35.1. The molecule has 0 saturated carbocycles. The number of nitrogens with one attached hydrogen (secondary N) is 3. The lowest BCUT2D eigenvalue weighted by Crippen LogP contribution is -2.60. The maximum absolute atomic E-state index is 13.7. The first-order chi connectivity index (χ1) is 23.0. The Kier molecular flexibility index (Phi) is 15.0. The minimum absolute atomic E-state index is 0.0871. The molecule has 6 atom stereocenters. The van der Waals surface area contributed by atoms with Gasteiger partial charge in [0, 0.05) is 19.4 Å². The number of rotatable bonds is 17. The molecule has 0 spiro atoms. The summed E-state index contributed by atoms with van der Waals surface area (Å²) in [4.78, 5) is 66.9. The van der Waals surface area contributed by atoms with Gasteiger partial charge in [0.1, 0.15) is 18.1 Å². The molecule has 2 aromatic rings. The Hall–Kier alpha value is -4.77. The van der Waals surface area contributed by atoms with E-state index in [0.717, 1.165) is 11.1 Å². The first-order valence-corrected chi connectivity index (χ1v) is 16.2. The van der Waals surface area contributed by atoms with Crippen molar-refractivity contribution in [2.45, 2.75) is 81.7 Å². The molecule has 13 heteroatoms. The fraction of sp³-hybridized carbons (Fsp3) is 0.457. The number of unbranched alkanes of at least 4 members (excludes halogenated alkanes) is 1. The topological polar surface area (TPSA) is 223 Å². The molecule has 1 heterocycles. The average Bonchev–Trinajstić information content (AvgIpc) is 3.07. The van der Waals surface area contributed by atoms with E-state index in [-0.39, 0.29) is 45.1 Å². The normalized spacial score (nSPS) is 18.3. The van der Waals surface area contributed by atoms with Gasteiger partial charge in [-0.1, -0.05) is 60.7 Å². The maximum Gasteiger partial charge on any atom is 0.306 e. The molecule has 1 fully saturated rings. The van der Waals surface area contributed by atoms with Crippen LogP contribution in [0.25, 0.3) is 0 Å². The van der Waals surface area contributed by atoms with Crippen LogP contribution >= 0.6 is 0 Å². The number of benzene rings is 2. The highest BCUT2D eigenvalue weighted by Crippen LogP contribution is 2.22. The predicted octanol–water partition coefficient (Wildman–Crippen LogP) is 0.0138. The van der Waals surface area contributed by atoms with Crippen LogP contribution < -0.4 is 33.2 Å². The number of nitrogens with two attached hydrogens (primary N) is 3. The molecule has 1 aliphatic rings. The molecular weight excluding hydrogens is 614 g/mol. The van der Waals surface area contributed by atoms with Gasteiger partial charge in [-0.15, -0.1) is 12.3 Å². The number of likely N-dealkylation sites (tertiary alicyclic amines) is 1. The summed E-state index contributed by atoms with van der Waals surface area (Å²) in [6, 6.07) is 14.0. The van der Waals surface area contributed by atoms with Crippen LogP contribution in [0.1, 0.15) is 49.7 Å². The lowest BCUT2D eigenvalue weighted by atomic mass is 9.94. The van der Waals surface area contributed by atoms with Gasteiger partial charge >= 0.3 is 5.97 Å². The maximum atomic E-state index is 13.7. The van der Waals surface area contributed by atoms with Crippen LogP contribution in [0.5, 0.6) is 0 Å². The van der Waals surface area contributed by atoms with Crippen LogP contribution in [0.3, 0.4) is 0 Å². The van der Waals surface area contributed by atoms with E-state index in [1.165, 1.54) is 4.90 Å². The van der Waals surface area contributed by atoms with Crippen molar-refractivity contribution in [2.24, 2.45) is 23.1 Å². The van der Waals surface area contributed by atoms with Crippen molar-refractivity contribution in [3.05, 3.63) is 71.8 Å². The van der Waals surface area contributed by atoms with Crippen molar-refractivity contribution >= 4 is 29.6 Å². The van der Waals surface area contributed by atoms with Gasteiger partial charge in [0.05, 0.1) is 18.1 Å². The number of hydrogen-bond acceptors (Lipinski definition) is 8. The Labute approximate surface area is 281 Å². The van der Waals surface area contributed by atoms with Crippen LogP contribution in [0.2, 0.25) is 0 Å². The largest absolute Gasteiger partial charge is 0.481 e. The number of carboxylic acids is 1. The smallest absolute Gasteiger partial charge is 0.306 e. The summed E-state index contributed by atoms with van der Waals surface area (Å²) < 4.78 is 0. The quantitative estimate of drug-likeness (QED) is 0.0895. The van der Waals surface area contributed by atoms with Crippen molar-refractivity contribution < 1.29 is 29.1 Å². The van der Waals surface area contributed by atoms with E-state index >= 15 is 0 Å². The second-order valence-corrected chi connectivity index (χ2v) is 12.0. The van der Waals surface area contributed by atoms with Crippen LogP contribution in [-0.4, -0.2) is 83.0 Å². The van der Waals surface area contributed by atoms with E-state index in [9.17, 15) is 29.1 Å². The molecule has 1 saturated heterocycles. The number of carbonyl (C=O) groups is 5. The molecule has 0 radical (unpaired) electrons. The summed E-state index contributed by atoms with van der Waals surface area (Å²) in [6.07, 6.45) is 6.61. The molecule has 3 rings (SSSR count). The summed E-state index contributed by atoms with van der Waals surface area (Å²) in [6.45, 7) is 0.510. The fourth-order valence-electron chi connectivity index (χ4n) is 5.62. The van der Waals surface area contributed by atoms with Gasteiger partial charge in [0.2, 0.25) is 23.6 Å². The van der Waals surface area contributed by atoms with E-state index in [2.05, 4.69) is 21.9 Å². The molecule has 2 aromatic carbocycles. The number of carbonyl (C=O) groups excluding carboxylic acids is 4. The molecule has 48 heavy (non-hydrogen) atoms. The number of piperidine rings is 1. The van der Waals surface area contributed by atoms with Crippen molar-refractivity contribution in [1.82, 2.24) is 20.9 Å². The summed E-state index contributed by atoms with van der Waals surface area (Å²) in [5, 5.41) is 17.5. The van der Waals surface area contributed by atoms with Crippen molar-refractivity contribution in [2.75, 3.05) is 13.1 Å². The Morgan fingerprint density at radius 1 is 0.854 bits per heavy atom. The van der Waals surface area contributed by atoms with Crippen LogP contribution in [0.15, 0.2) is 60.7 Å². The monoisotopic (exact) mass is 661 g/mol. The van der Waals surface area contributed by atoms with Gasteiger partial charge in [0.25, 0.3) is 0 Å². The number of carboxylic acid groups (broad SMARTS) is 1. The lowest BCUT2D eigenvalue weighted by molar-refractivity contribution is -0.149. The second-order valence-electron chi connectivity index (χ2n) is 12.0. The highest BCUT2D eigenvalue weighted by molar-refractivity contribution is 5.95. The Bertz CT molecular complexity index is 1420. The molecule has 0 aliphatic carbocycles. The number of aliphatic carboxylic acids is 1. The van der Waals surface area contributed by atoms with Gasteiger partial charge in [0.15, 0.2) is 0 Å². The molecule has 4 amide bonds. The second kappa shape index (κ2) is 19.1. The summed E-state index contributed by atoms with van der Waals surface area (Å²) >= 11 is 0. The Balaban J connectivity index is 1.75. The highest BCUT2D eigenvalue weighted by Gasteiger charge is 2.37. The van der Waals surface area contributed by atoms with E-state index in [4.69, 9.17) is 23.6 Å². The van der Waals surface area contributed by atoms with E-state index in [1.807, 2.05) is 48.5 Å². The zero-order valence-electron chi connectivity index (χ0n) is 27.1. The third kappa shape index (κ3) is 11.5. The molecule has 0 bridgehead atoms. The molecular formula is C35H47N7O6. The van der Waals surface area contributed by atoms with Crippen molar-refractivity contribution in [1.29, 1.82) is 0 Å². The van der Waals surface area contributed by atoms with E-state index in [1.54, 1.807) is 12.1 Å². The molecule has 0 aromatic heterocycles. The number of amides is 4.